The van der Waals surface area contributed by atoms with Crippen molar-refractivity contribution in [3.05, 3.63) is 60.2 Å². The minimum Gasteiger partial charge on any atom is -0.497 e. The summed E-state index contributed by atoms with van der Waals surface area (Å²) in [6.45, 7) is 4.36. The van der Waals surface area contributed by atoms with Crippen LogP contribution < -0.4 is 9.47 Å². The Labute approximate surface area is 195 Å². The first-order valence-corrected chi connectivity index (χ1v) is 11.6. The molecule has 2 aliphatic rings. The molecule has 7 heteroatoms. The number of nitrogens with zero attached hydrogens (tertiary/aromatic N) is 3. The number of hydrogen-bond acceptors (Lipinski definition) is 5. The summed E-state index contributed by atoms with van der Waals surface area (Å²) in [5, 5.41) is 0. The standard InChI is InChI=1S/C26H33N3O4/c1-27-13-15-28(16-14-27)25(30)18-21-19-29(26(31)20-7-6-10-23(17-20)32-2)12-11-24(21)33-22-8-4-3-5-9-22/h3-10,17,21,24H,11-16,18-19H2,1-2H3/t21-,24-/m0/s1. The molecule has 7 nitrogen and oxygen atoms in total. The molecule has 4 rings (SSSR count). The van der Waals surface area contributed by atoms with Crippen molar-refractivity contribution in [3.8, 4) is 11.5 Å². The first-order chi connectivity index (χ1) is 16.0. The lowest BCUT2D eigenvalue weighted by molar-refractivity contribution is -0.135. The van der Waals surface area contributed by atoms with E-state index in [2.05, 4.69) is 11.9 Å². The summed E-state index contributed by atoms with van der Waals surface area (Å²) in [4.78, 5) is 32.4. The molecule has 2 aliphatic heterocycles. The molecule has 2 aromatic carbocycles. The summed E-state index contributed by atoms with van der Waals surface area (Å²) >= 11 is 0. The Bertz CT molecular complexity index is 944. The fourth-order valence-corrected chi connectivity index (χ4v) is 4.57. The number of likely N-dealkylation sites (N-methyl/N-ethyl adjacent to an activating group) is 1. The third-order valence-corrected chi connectivity index (χ3v) is 6.59. The number of hydrogen-bond donors (Lipinski definition) is 0. The molecular weight excluding hydrogens is 418 g/mol. The fourth-order valence-electron chi connectivity index (χ4n) is 4.57. The molecule has 2 fully saturated rings. The van der Waals surface area contributed by atoms with Crippen LogP contribution in [-0.4, -0.2) is 86.0 Å². The zero-order valence-electron chi connectivity index (χ0n) is 19.5. The summed E-state index contributed by atoms with van der Waals surface area (Å²) in [6, 6.07) is 16.9. The van der Waals surface area contributed by atoms with Gasteiger partial charge in [-0.15, -0.1) is 0 Å². The van der Waals surface area contributed by atoms with E-state index in [9.17, 15) is 9.59 Å². The minimum atomic E-state index is -0.113. The van der Waals surface area contributed by atoms with Crippen molar-refractivity contribution in [3.63, 3.8) is 0 Å². The van der Waals surface area contributed by atoms with Crippen LogP contribution in [0.4, 0.5) is 0 Å². The molecule has 2 atom stereocenters. The number of para-hydroxylation sites is 1. The van der Waals surface area contributed by atoms with E-state index in [1.54, 1.807) is 13.2 Å². The van der Waals surface area contributed by atoms with Gasteiger partial charge >= 0.3 is 0 Å². The van der Waals surface area contributed by atoms with Gasteiger partial charge < -0.3 is 24.2 Å². The minimum absolute atomic E-state index is 0.0379. The molecule has 2 amide bonds. The summed E-state index contributed by atoms with van der Waals surface area (Å²) in [5.74, 6) is 1.49. The van der Waals surface area contributed by atoms with Gasteiger partial charge in [-0.1, -0.05) is 24.3 Å². The second-order valence-corrected chi connectivity index (χ2v) is 8.89. The molecule has 176 valence electrons. The average Bonchev–Trinajstić information content (AvgIpc) is 2.85. The van der Waals surface area contributed by atoms with Gasteiger partial charge in [0.05, 0.1) is 7.11 Å². The first kappa shape index (κ1) is 23.1. The number of rotatable bonds is 6. The van der Waals surface area contributed by atoms with Crippen molar-refractivity contribution in [1.29, 1.82) is 0 Å². The van der Waals surface area contributed by atoms with Gasteiger partial charge in [0, 0.05) is 63.6 Å². The number of benzene rings is 2. The lowest BCUT2D eigenvalue weighted by Crippen LogP contribution is -2.51. The van der Waals surface area contributed by atoms with Crippen molar-refractivity contribution in [2.45, 2.75) is 18.9 Å². The molecule has 2 saturated heterocycles. The monoisotopic (exact) mass is 451 g/mol. The number of piperidine rings is 1. The molecule has 2 heterocycles. The predicted molar refractivity (Wildman–Crippen MR) is 127 cm³/mol. The van der Waals surface area contributed by atoms with Crippen molar-refractivity contribution in [1.82, 2.24) is 14.7 Å². The van der Waals surface area contributed by atoms with Crippen LogP contribution in [0.5, 0.6) is 11.5 Å². The van der Waals surface area contributed by atoms with E-state index >= 15 is 0 Å². The second-order valence-electron chi connectivity index (χ2n) is 8.89. The molecule has 33 heavy (non-hydrogen) atoms. The molecule has 0 N–H and O–H groups in total. The molecular formula is C26H33N3O4. The zero-order chi connectivity index (χ0) is 23.2. The van der Waals surface area contributed by atoms with Gasteiger partial charge in [0.2, 0.25) is 5.91 Å². The van der Waals surface area contributed by atoms with E-state index in [1.165, 1.54) is 0 Å². The number of carbonyl (C=O) groups is 2. The maximum atomic E-state index is 13.2. The van der Waals surface area contributed by atoms with Crippen molar-refractivity contribution >= 4 is 11.8 Å². The van der Waals surface area contributed by atoms with E-state index in [0.29, 0.717) is 37.2 Å². The third kappa shape index (κ3) is 5.85. The molecule has 2 aromatic rings. The number of amides is 2. The van der Waals surface area contributed by atoms with E-state index in [0.717, 1.165) is 31.9 Å². The first-order valence-electron chi connectivity index (χ1n) is 11.6. The van der Waals surface area contributed by atoms with Crippen molar-refractivity contribution < 1.29 is 19.1 Å². The lowest BCUT2D eigenvalue weighted by atomic mass is 9.90. The Balaban J connectivity index is 1.48. The Morgan fingerprint density at radius 3 is 2.36 bits per heavy atom. The van der Waals surface area contributed by atoms with Crippen LogP contribution in [0.15, 0.2) is 54.6 Å². The summed E-state index contributed by atoms with van der Waals surface area (Å²) < 4.78 is 11.6. The van der Waals surface area contributed by atoms with E-state index in [-0.39, 0.29) is 23.8 Å². The van der Waals surface area contributed by atoms with Crippen LogP contribution in [0.2, 0.25) is 0 Å². The van der Waals surface area contributed by atoms with Crippen LogP contribution in [0.3, 0.4) is 0 Å². The largest absolute Gasteiger partial charge is 0.497 e. The Morgan fingerprint density at radius 2 is 1.64 bits per heavy atom. The quantitative estimate of drug-likeness (QED) is 0.676. The molecule has 0 aromatic heterocycles. The molecule has 0 bridgehead atoms. The topological polar surface area (TPSA) is 62.3 Å². The van der Waals surface area contributed by atoms with Crippen LogP contribution in [0.1, 0.15) is 23.2 Å². The van der Waals surface area contributed by atoms with Gasteiger partial charge in [0.1, 0.15) is 17.6 Å². The van der Waals surface area contributed by atoms with Gasteiger partial charge in [0.15, 0.2) is 0 Å². The van der Waals surface area contributed by atoms with Crippen LogP contribution in [0.25, 0.3) is 0 Å². The highest BCUT2D eigenvalue weighted by Crippen LogP contribution is 2.28. The van der Waals surface area contributed by atoms with E-state index < -0.39 is 0 Å². The van der Waals surface area contributed by atoms with Gasteiger partial charge in [-0.3, -0.25) is 9.59 Å². The van der Waals surface area contributed by atoms with Crippen LogP contribution in [-0.2, 0) is 4.79 Å². The second kappa shape index (κ2) is 10.7. The highest BCUT2D eigenvalue weighted by molar-refractivity contribution is 5.94. The maximum Gasteiger partial charge on any atom is 0.254 e. The normalized spacial score (nSPS) is 21.5. The Kier molecular flexibility index (Phi) is 7.50. The number of methoxy groups -OCH3 is 1. The SMILES string of the molecule is COc1cccc(C(=O)N2CC[C@H](Oc3ccccc3)[C@@H](CC(=O)N3CCN(C)CC3)C2)c1. The number of piperazine rings is 1. The summed E-state index contributed by atoms with van der Waals surface area (Å²) in [5.41, 5.74) is 0.598. The van der Waals surface area contributed by atoms with E-state index in [1.807, 2.05) is 58.3 Å². The van der Waals surface area contributed by atoms with Crippen molar-refractivity contribution in [2.75, 3.05) is 53.4 Å². The van der Waals surface area contributed by atoms with Crippen LogP contribution in [0, 0.1) is 5.92 Å². The van der Waals surface area contributed by atoms with Gasteiger partial charge in [0.25, 0.3) is 5.91 Å². The highest BCUT2D eigenvalue weighted by Gasteiger charge is 2.36. The highest BCUT2D eigenvalue weighted by atomic mass is 16.5. The molecule has 0 aliphatic carbocycles. The molecule has 0 unspecified atom stereocenters. The number of carbonyl (C=O) groups excluding carboxylic acids is 2. The zero-order valence-corrected chi connectivity index (χ0v) is 19.5. The van der Waals surface area contributed by atoms with Crippen molar-refractivity contribution in [2.24, 2.45) is 5.92 Å². The average molecular weight is 452 g/mol. The Morgan fingerprint density at radius 1 is 0.909 bits per heavy atom. The molecule has 0 radical (unpaired) electrons. The fraction of sp³-hybridized carbons (Fsp3) is 0.462. The predicted octanol–water partition coefficient (Wildman–Crippen LogP) is 2.77. The number of ether oxygens (including phenoxy) is 2. The molecule has 0 spiro atoms. The lowest BCUT2D eigenvalue weighted by Gasteiger charge is -2.40. The van der Waals surface area contributed by atoms with Crippen LogP contribution >= 0.6 is 0 Å². The third-order valence-electron chi connectivity index (χ3n) is 6.59. The smallest absolute Gasteiger partial charge is 0.254 e. The Hall–Kier alpha value is -3.06. The van der Waals surface area contributed by atoms with Gasteiger partial charge in [-0.2, -0.15) is 0 Å². The van der Waals surface area contributed by atoms with Gasteiger partial charge in [-0.25, -0.2) is 0 Å². The number of likely N-dealkylation sites (tertiary alicyclic amines) is 1. The maximum absolute atomic E-state index is 13.2. The summed E-state index contributed by atoms with van der Waals surface area (Å²) in [7, 11) is 3.67. The van der Waals surface area contributed by atoms with Gasteiger partial charge in [-0.05, 0) is 37.4 Å². The molecule has 0 saturated carbocycles. The summed E-state index contributed by atoms with van der Waals surface area (Å²) in [6.07, 6.45) is 0.951. The van der Waals surface area contributed by atoms with E-state index in [4.69, 9.17) is 9.47 Å².